The van der Waals surface area contributed by atoms with E-state index in [9.17, 15) is 4.79 Å². The van der Waals surface area contributed by atoms with Crippen LogP contribution in [0.5, 0.6) is 6.01 Å². The van der Waals surface area contributed by atoms with E-state index in [2.05, 4.69) is 26.3 Å². The Hall–Kier alpha value is -3.11. The van der Waals surface area contributed by atoms with Crippen molar-refractivity contribution in [1.29, 1.82) is 0 Å². The average Bonchev–Trinajstić information content (AvgIpc) is 3.47. The molecule has 4 atom stereocenters. The van der Waals surface area contributed by atoms with E-state index >= 15 is 0 Å². The van der Waals surface area contributed by atoms with E-state index in [0.717, 1.165) is 70.1 Å². The molecule has 10 heteroatoms. The fourth-order valence-corrected chi connectivity index (χ4v) is 6.15. The number of piperidine rings is 1. The lowest BCUT2D eigenvalue weighted by Gasteiger charge is -2.33. The van der Waals surface area contributed by atoms with Gasteiger partial charge in [0, 0.05) is 67.0 Å². The summed E-state index contributed by atoms with van der Waals surface area (Å²) in [7, 11) is 0. The number of aromatic nitrogens is 3. The quantitative estimate of drug-likeness (QED) is 0.610. The highest BCUT2D eigenvalue weighted by molar-refractivity contribution is 6.04. The molecule has 1 amide bonds. The van der Waals surface area contributed by atoms with Gasteiger partial charge in [-0.15, -0.1) is 0 Å². The summed E-state index contributed by atoms with van der Waals surface area (Å²) in [5, 5.41) is 3.15. The van der Waals surface area contributed by atoms with Crippen molar-refractivity contribution in [1.82, 2.24) is 20.3 Å². The van der Waals surface area contributed by atoms with Gasteiger partial charge in [-0.2, -0.15) is 9.97 Å². The van der Waals surface area contributed by atoms with Crippen LogP contribution in [0.15, 0.2) is 29.4 Å². The molecule has 10 nitrogen and oxygen atoms in total. The van der Waals surface area contributed by atoms with Crippen molar-refractivity contribution < 1.29 is 19.0 Å². The van der Waals surface area contributed by atoms with E-state index in [-0.39, 0.29) is 24.1 Å². The van der Waals surface area contributed by atoms with Crippen molar-refractivity contribution in [2.24, 2.45) is 22.7 Å². The highest BCUT2D eigenvalue weighted by Crippen LogP contribution is 2.44. The predicted molar refractivity (Wildman–Crippen MR) is 135 cm³/mol. The normalized spacial score (nSPS) is 28.5. The van der Waals surface area contributed by atoms with Crippen LogP contribution < -0.4 is 15.0 Å². The molecule has 0 unspecified atom stereocenters. The van der Waals surface area contributed by atoms with Crippen LogP contribution in [-0.2, 0) is 16.0 Å². The molecule has 194 valence electrons. The van der Waals surface area contributed by atoms with Gasteiger partial charge >= 0.3 is 6.01 Å². The minimum absolute atomic E-state index is 0.0515. The fourth-order valence-electron chi connectivity index (χ4n) is 6.15. The van der Waals surface area contributed by atoms with Crippen LogP contribution in [0, 0.1) is 17.8 Å². The lowest BCUT2D eigenvalue weighted by molar-refractivity contribution is 0.0643. The highest BCUT2D eigenvalue weighted by Gasteiger charge is 2.54. The van der Waals surface area contributed by atoms with E-state index in [0.29, 0.717) is 36.6 Å². The number of nitrogens with zero attached hydrogens (tertiary/aromatic N) is 5. The zero-order valence-corrected chi connectivity index (χ0v) is 20.8. The van der Waals surface area contributed by atoms with Gasteiger partial charge in [-0.05, 0) is 37.8 Å². The average molecular weight is 505 g/mol. The van der Waals surface area contributed by atoms with Gasteiger partial charge in [-0.25, -0.2) is 0 Å². The number of fused-ring (bicyclic) bond motifs is 2. The van der Waals surface area contributed by atoms with Gasteiger partial charge in [0.15, 0.2) is 0 Å². The van der Waals surface area contributed by atoms with Crippen molar-refractivity contribution in [2.45, 2.75) is 44.4 Å². The molecular weight excluding hydrogens is 472 g/mol. The van der Waals surface area contributed by atoms with Gasteiger partial charge in [0.1, 0.15) is 18.1 Å². The molecule has 4 aliphatic heterocycles. The van der Waals surface area contributed by atoms with Gasteiger partial charge in [0.25, 0.3) is 5.91 Å². The first-order valence-corrected chi connectivity index (χ1v) is 13.5. The summed E-state index contributed by atoms with van der Waals surface area (Å²) in [5.74, 6) is 1.81. The van der Waals surface area contributed by atoms with Gasteiger partial charge in [0.2, 0.25) is 0 Å². The summed E-state index contributed by atoms with van der Waals surface area (Å²) in [5.41, 5.74) is 3.80. The molecule has 0 bridgehead atoms. The SMILES string of the molecule is O=C(N[C@H]1[C@@H]2COC[C@@H]21)c1cc(N2CCC(C3=NCc4ncccc43)CC2)nc(OC[C@H]2CCCO2)n1. The van der Waals surface area contributed by atoms with Crippen LogP contribution in [-0.4, -0.2) is 78.2 Å². The molecule has 3 saturated heterocycles. The molecule has 6 heterocycles. The van der Waals surface area contributed by atoms with Crippen molar-refractivity contribution in [2.75, 3.05) is 44.4 Å². The molecule has 1 N–H and O–H groups in total. The van der Waals surface area contributed by atoms with Crippen LogP contribution in [0.25, 0.3) is 0 Å². The third-order valence-electron chi connectivity index (χ3n) is 8.37. The summed E-state index contributed by atoms with van der Waals surface area (Å²) in [6.07, 6.45) is 5.83. The smallest absolute Gasteiger partial charge is 0.319 e. The Kier molecular flexibility index (Phi) is 6.01. The van der Waals surface area contributed by atoms with Crippen LogP contribution in [0.2, 0.25) is 0 Å². The van der Waals surface area contributed by atoms with Crippen molar-refractivity contribution in [3.05, 3.63) is 41.3 Å². The number of carbonyl (C=O) groups excluding carboxylic acids is 1. The van der Waals surface area contributed by atoms with Crippen LogP contribution in [0.3, 0.4) is 0 Å². The minimum atomic E-state index is -0.177. The number of ether oxygens (including phenoxy) is 3. The zero-order valence-electron chi connectivity index (χ0n) is 20.8. The molecule has 0 spiro atoms. The third-order valence-corrected chi connectivity index (χ3v) is 8.37. The molecule has 4 fully saturated rings. The topological polar surface area (TPSA) is 111 Å². The highest BCUT2D eigenvalue weighted by atomic mass is 16.5. The third kappa shape index (κ3) is 4.57. The number of anilines is 1. The van der Waals surface area contributed by atoms with E-state index in [4.69, 9.17) is 24.2 Å². The lowest BCUT2D eigenvalue weighted by Crippen LogP contribution is -2.37. The number of rotatable bonds is 7. The van der Waals surface area contributed by atoms with Crippen LogP contribution in [0.1, 0.15) is 47.4 Å². The number of pyridine rings is 1. The number of amides is 1. The zero-order chi connectivity index (χ0) is 24.8. The number of aliphatic imine (C=N–C) groups is 1. The van der Waals surface area contributed by atoms with Crippen LogP contribution in [0.4, 0.5) is 5.82 Å². The number of hydrogen-bond donors (Lipinski definition) is 1. The molecule has 2 aromatic heterocycles. The van der Waals surface area contributed by atoms with E-state index < -0.39 is 0 Å². The second-order valence-electron chi connectivity index (χ2n) is 10.7. The molecular formula is C27H32N6O4. The second-order valence-corrected chi connectivity index (χ2v) is 10.7. The first-order valence-electron chi connectivity index (χ1n) is 13.5. The van der Waals surface area contributed by atoms with Crippen molar-refractivity contribution in [3.63, 3.8) is 0 Å². The van der Waals surface area contributed by atoms with Gasteiger partial charge in [-0.1, -0.05) is 0 Å². The summed E-state index contributed by atoms with van der Waals surface area (Å²) >= 11 is 0. The maximum Gasteiger partial charge on any atom is 0.319 e. The van der Waals surface area contributed by atoms with E-state index in [1.807, 2.05) is 12.3 Å². The maximum absolute atomic E-state index is 13.2. The summed E-state index contributed by atoms with van der Waals surface area (Å²) in [4.78, 5) is 33.9. The lowest BCUT2D eigenvalue weighted by atomic mass is 9.88. The van der Waals surface area contributed by atoms with E-state index in [1.165, 1.54) is 11.3 Å². The largest absolute Gasteiger partial charge is 0.461 e. The number of nitrogens with one attached hydrogen (secondary N) is 1. The Labute approximate surface area is 215 Å². The van der Waals surface area contributed by atoms with Gasteiger partial charge in [-0.3, -0.25) is 14.8 Å². The molecule has 1 aliphatic carbocycles. The molecule has 37 heavy (non-hydrogen) atoms. The second kappa shape index (κ2) is 9.64. The standard InChI is InChI=1S/C27H32N6O4/c34-26(32-25-19-14-35-15-20(19)25)21-11-23(31-27(30-21)37-13-17-3-2-10-36-17)33-8-5-16(6-9-33)24-18-4-1-7-28-22(18)12-29-24/h1,4,7,11,16-17,19-20,25H,2-3,5-6,8-10,12-15H2,(H,32,34)/t17-,19-,20+,25+/m1/s1. The monoisotopic (exact) mass is 504 g/mol. The summed E-state index contributed by atoms with van der Waals surface area (Å²) < 4.78 is 17.1. The molecule has 0 radical (unpaired) electrons. The number of carbonyl (C=O) groups is 1. The Morgan fingerprint density at radius 3 is 2.84 bits per heavy atom. The summed E-state index contributed by atoms with van der Waals surface area (Å²) in [6.45, 7) is 4.93. The minimum Gasteiger partial charge on any atom is -0.461 e. The Bertz CT molecular complexity index is 1200. The van der Waals surface area contributed by atoms with Gasteiger partial charge < -0.3 is 24.4 Å². The first-order chi connectivity index (χ1) is 18.2. The van der Waals surface area contributed by atoms with E-state index in [1.54, 1.807) is 6.07 Å². The molecule has 0 aromatic carbocycles. The first kappa shape index (κ1) is 23.0. The Balaban J connectivity index is 1.06. The molecule has 5 aliphatic rings. The van der Waals surface area contributed by atoms with Crippen molar-refractivity contribution >= 4 is 17.4 Å². The molecule has 7 rings (SSSR count). The Morgan fingerprint density at radius 1 is 1.16 bits per heavy atom. The molecule has 2 aromatic rings. The molecule has 1 saturated carbocycles. The van der Waals surface area contributed by atoms with Crippen molar-refractivity contribution in [3.8, 4) is 6.01 Å². The number of hydrogen-bond acceptors (Lipinski definition) is 9. The predicted octanol–water partition coefficient (Wildman–Crippen LogP) is 2.02. The van der Waals surface area contributed by atoms with Gasteiger partial charge in [0.05, 0.1) is 31.6 Å². The maximum atomic E-state index is 13.2. The fraction of sp³-hybridized carbons (Fsp3) is 0.593. The van der Waals surface area contributed by atoms with Crippen LogP contribution >= 0.6 is 0 Å². The Morgan fingerprint density at radius 2 is 2.03 bits per heavy atom. The summed E-state index contributed by atoms with van der Waals surface area (Å²) in [6, 6.07) is 6.34.